The maximum Gasteiger partial charge on any atom is 0.125 e. The Kier molecular flexibility index (Phi) is 4.58. The fourth-order valence-corrected chi connectivity index (χ4v) is 1.58. The van der Waals surface area contributed by atoms with Crippen molar-refractivity contribution in [2.45, 2.75) is 47.1 Å². The Balaban J connectivity index is 2.72. The number of aryl methyl sites for hydroxylation is 1. The molecule has 1 N–H and O–H groups in total. The number of benzene rings is 1. The SMILES string of the molecule is Cc1ccc(C(C)O)c(OCCC(C)(C)C)c1. The monoisotopic (exact) mass is 236 g/mol. The van der Waals surface area contributed by atoms with E-state index in [1.807, 2.05) is 25.1 Å². The normalized spacial score (nSPS) is 13.5. The third kappa shape index (κ3) is 4.78. The minimum absolute atomic E-state index is 0.273. The molecule has 0 aliphatic carbocycles. The molecule has 0 aromatic heterocycles. The van der Waals surface area contributed by atoms with Crippen LogP contribution in [0.15, 0.2) is 18.2 Å². The second-order valence-corrected chi connectivity index (χ2v) is 5.88. The molecule has 2 heteroatoms. The van der Waals surface area contributed by atoms with E-state index in [0.717, 1.165) is 23.3 Å². The second kappa shape index (κ2) is 5.54. The van der Waals surface area contributed by atoms with Crippen molar-refractivity contribution in [3.8, 4) is 5.75 Å². The highest BCUT2D eigenvalue weighted by Gasteiger charge is 2.12. The Bertz CT molecular complexity index is 362. The van der Waals surface area contributed by atoms with Crippen LogP contribution in [0.1, 0.15) is 51.3 Å². The van der Waals surface area contributed by atoms with Crippen LogP contribution in [0, 0.1) is 12.3 Å². The highest BCUT2D eigenvalue weighted by Crippen LogP contribution is 2.27. The predicted octanol–water partition coefficient (Wildman–Crippen LogP) is 3.86. The van der Waals surface area contributed by atoms with Crippen LogP contribution in [0.25, 0.3) is 0 Å². The second-order valence-electron chi connectivity index (χ2n) is 5.88. The molecule has 1 atom stereocenters. The molecule has 2 nitrogen and oxygen atoms in total. The van der Waals surface area contributed by atoms with Gasteiger partial charge in [0, 0.05) is 5.56 Å². The number of aliphatic hydroxyl groups is 1. The first-order valence-electron chi connectivity index (χ1n) is 6.21. The van der Waals surface area contributed by atoms with Gasteiger partial charge in [0.2, 0.25) is 0 Å². The van der Waals surface area contributed by atoms with Crippen LogP contribution < -0.4 is 4.74 Å². The first-order valence-corrected chi connectivity index (χ1v) is 6.21. The van der Waals surface area contributed by atoms with E-state index in [1.165, 1.54) is 0 Å². The topological polar surface area (TPSA) is 29.5 Å². The summed E-state index contributed by atoms with van der Waals surface area (Å²) in [6.45, 7) is 11.1. The van der Waals surface area contributed by atoms with E-state index in [9.17, 15) is 5.11 Å². The highest BCUT2D eigenvalue weighted by molar-refractivity contribution is 5.38. The summed E-state index contributed by atoms with van der Waals surface area (Å²) in [5.74, 6) is 0.809. The van der Waals surface area contributed by atoms with Crippen molar-refractivity contribution < 1.29 is 9.84 Å². The minimum Gasteiger partial charge on any atom is -0.493 e. The lowest BCUT2D eigenvalue weighted by atomic mass is 9.93. The van der Waals surface area contributed by atoms with Gasteiger partial charge < -0.3 is 9.84 Å². The summed E-state index contributed by atoms with van der Waals surface area (Å²) in [5.41, 5.74) is 2.29. The summed E-state index contributed by atoms with van der Waals surface area (Å²) in [6, 6.07) is 5.93. The third-order valence-electron chi connectivity index (χ3n) is 2.73. The Morgan fingerprint density at radius 1 is 1.29 bits per heavy atom. The summed E-state index contributed by atoms with van der Waals surface area (Å²) >= 11 is 0. The average Bonchev–Trinajstić information content (AvgIpc) is 2.15. The summed E-state index contributed by atoms with van der Waals surface area (Å²) in [6.07, 6.45) is 0.514. The molecular formula is C15H24O2. The van der Waals surface area contributed by atoms with Crippen molar-refractivity contribution in [3.63, 3.8) is 0 Å². The Morgan fingerprint density at radius 2 is 1.94 bits per heavy atom. The van der Waals surface area contributed by atoms with E-state index in [4.69, 9.17) is 4.74 Å². The van der Waals surface area contributed by atoms with Gasteiger partial charge in [0.25, 0.3) is 0 Å². The van der Waals surface area contributed by atoms with Gasteiger partial charge in [-0.15, -0.1) is 0 Å². The van der Waals surface area contributed by atoms with Gasteiger partial charge in [0.05, 0.1) is 12.7 Å². The van der Waals surface area contributed by atoms with Crippen LogP contribution >= 0.6 is 0 Å². The van der Waals surface area contributed by atoms with Gasteiger partial charge in [-0.25, -0.2) is 0 Å². The zero-order chi connectivity index (χ0) is 13.1. The first-order chi connectivity index (χ1) is 7.79. The zero-order valence-electron chi connectivity index (χ0n) is 11.6. The van der Waals surface area contributed by atoms with E-state index in [2.05, 4.69) is 20.8 Å². The predicted molar refractivity (Wildman–Crippen MR) is 71.4 cm³/mol. The van der Waals surface area contributed by atoms with Gasteiger partial charge >= 0.3 is 0 Å². The third-order valence-corrected chi connectivity index (χ3v) is 2.73. The fraction of sp³-hybridized carbons (Fsp3) is 0.600. The van der Waals surface area contributed by atoms with Crippen LogP contribution in [0.4, 0.5) is 0 Å². The number of hydrogen-bond donors (Lipinski definition) is 1. The van der Waals surface area contributed by atoms with Gasteiger partial charge in [-0.2, -0.15) is 0 Å². The van der Waals surface area contributed by atoms with Gasteiger partial charge in [-0.3, -0.25) is 0 Å². The van der Waals surface area contributed by atoms with Gasteiger partial charge in [0.1, 0.15) is 5.75 Å². The van der Waals surface area contributed by atoms with Gasteiger partial charge in [-0.1, -0.05) is 32.9 Å². The molecule has 0 aliphatic rings. The molecule has 0 saturated carbocycles. The zero-order valence-corrected chi connectivity index (χ0v) is 11.6. The number of hydrogen-bond acceptors (Lipinski definition) is 2. The van der Waals surface area contributed by atoms with Crippen LogP contribution in [0.3, 0.4) is 0 Å². The van der Waals surface area contributed by atoms with Crippen molar-refractivity contribution in [2.24, 2.45) is 5.41 Å². The van der Waals surface area contributed by atoms with Crippen LogP contribution in [-0.4, -0.2) is 11.7 Å². The Hall–Kier alpha value is -1.02. The summed E-state index contributed by atoms with van der Waals surface area (Å²) in [7, 11) is 0. The van der Waals surface area contributed by atoms with Crippen molar-refractivity contribution in [3.05, 3.63) is 29.3 Å². The lowest BCUT2D eigenvalue weighted by Crippen LogP contribution is -2.12. The molecule has 96 valence electrons. The average molecular weight is 236 g/mol. The molecule has 0 aliphatic heterocycles. The van der Waals surface area contributed by atoms with Crippen molar-refractivity contribution in [2.75, 3.05) is 6.61 Å². The van der Waals surface area contributed by atoms with E-state index >= 15 is 0 Å². The summed E-state index contributed by atoms with van der Waals surface area (Å²) in [5, 5.41) is 9.67. The molecule has 0 heterocycles. The summed E-state index contributed by atoms with van der Waals surface area (Å²) in [4.78, 5) is 0. The first kappa shape index (κ1) is 14.0. The van der Waals surface area contributed by atoms with E-state index in [-0.39, 0.29) is 5.41 Å². The van der Waals surface area contributed by atoms with Gasteiger partial charge in [-0.05, 0) is 37.3 Å². The molecule has 1 aromatic rings. The lowest BCUT2D eigenvalue weighted by Gasteiger charge is -2.20. The number of aliphatic hydroxyl groups excluding tert-OH is 1. The molecule has 1 unspecified atom stereocenters. The molecule has 1 aromatic carbocycles. The molecule has 0 amide bonds. The lowest BCUT2D eigenvalue weighted by molar-refractivity contribution is 0.186. The molecular weight excluding hydrogens is 212 g/mol. The van der Waals surface area contributed by atoms with E-state index in [0.29, 0.717) is 6.61 Å². The van der Waals surface area contributed by atoms with Crippen molar-refractivity contribution >= 4 is 0 Å². The van der Waals surface area contributed by atoms with Crippen LogP contribution in [0.2, 0.25) is 0 Å². The number of rotatable bonds is 4. The van der Waals surface area contributed by atoms with Crippen molar-refractivity contribution in [1.82, 2.24) is 0 Å². The van der Waals surface area contributed by atoms with Gasteiger partial charge in [0.15, 0.2) is 0 Å². The smallest absolute Gasteiger partial charge is 0.125 e. The van der Waals surface area contributed by atoms with E-state index in [1.54, 1.807) is 6.92 Å². The van der Waals surface area contributed by atoms with E-state index < -0.39 is 6.10 Å². The molecule has 0 spiro atoms. The largest absolute Gasteiger partial charge is 0.493 e. The molecule has 0 radical (unpaired) electrons. The highest BCUT2D eigenvalue weighted by atomic mass is 16.5. The molecule has 17 heavy (non-hydrogen) atoms. The quantitative estimate of drug-likeness (QED) is 0.860. The summed E-state index contributed by atoms with van der Waals surface area (Å²) < 4.78 is 5.80. The Labute approximate surface area is 105 Å². The number of ether oxygens (including phenoxy) is 1. The molecule has 0 saturated heterocycles. The van der Waals surface area contributed by atoms with Crippen LogP contribution in [-0.2, 0) is 0 Å². The fourth-order valence-electron chi connectivity index (χ4n) is 1.58. The maximum absolute atomic E-state index is 9.67. The molecule has 0 fully saturated rings. The molecule has 1 rings (SSSR count). The standard InChI is InChI=1S/C15H24O2/c1-11-6-7-13(12(2)16)14(10-11)17-9-8-15(3,4)5/h6-7,10,12,16H,8-9H2,1-5H3. The minimum atomic E-state index is -0.486. The van der Waals surface area contributed by atoms with Crippen molar-refractivity contribution in [1.29, 1.82) is 0 Å². The maximum atomic E-state index is 9.67. The van der Waals surface area contributed by atoms with Crippen LogP contribution in [0.5, 0.6) is 5.75 Å². The molecule has 0 bridgehead atoms. The Morgan fingerprint density at radius 3 is 2.47 bits per heavy atom.